The molecule has 4 aromatic rings. The fraction of sp³-hybridized carbons (Fsp3) is 0.462. The minimum Gasteiger partial charge on any atom is -0.321 e. The van der Waals surface area contributed by atoms with Crippen molar-refractivity contribution in [3.8, 4) is 0 Å². The Kier molecular flexibility index (Phi) is 8.78. The van der Waals surface area contributed by atoms with Gasteiger partial charge in [-0.2, -0.15) is 0 Å². The largest absolute Gasteiger partial charge is 0.321 e. The molecule has 0 saturated carbocycles. The molecule has 0 aromatic carbocycles. The molecule has 0 atom stereocenters. The highest BCUT2D eigenvalue weighted by atomic mass is 15.5. The van der Waals surface area contributed by atoms with E-state index in [9.17, 15) is 0 Å². The van der Waals surface area contributed by atoms with Crippen LogP contribution in [0.3, 0.4) is 0 Å². The first-order valence-electron chi connectivity index (χ1n) is 7.49. The van der Waals surface area contributed by atoms with E-state index in [-0.39, 0.29) is 0 Å². The Hall–Kier alpha value is -3.51. The monoisotopic (exact) mass is 361 g/mol. The number of rotatable bonds is 0. The fourth-order valence-corrected chi connectivity index (χ4v) is 1.28. The van der Waals surface area contributed by atoms with Crippen molar-refractivity contribution in [3.05, 3.63) is 42.8 Å². The lowest BCUT2D eigenvalue weighted by atomic mass is 10.6. The van der Waals surface area contributed by atoms with E-state index in [0.717, 1.165) is 11.5 Å². The van der Waals surface area contributed by atoms with Crippen LogP contribution in [0.5, 0.6) is 0 Å². The van der Waals surface area contributed by atoms with E-state index in [2.05, 4.69) is 46.3 Å². The summed E-state index contributed by atoms with van der Waals surface area (Å²) >= 11 is 0. The molecular formula is C13H23N13. The molecule has 140 valence electrons. The third kappa shape index (κ3) is 8.95. The highest BCUT2D eigenvalue weighted by Gasteiger charge is 1.85. The van der Waals surface area contributed by atoms with Gasteiger partial charge in [0.25, 0.3) is 0 Å². The quantitative estimate of drug-likeness (QED) is 0.397. The molecule has 0 aliphatic heterocycles. The Morgan fingerprint density at radius 1 is 0.731 bits per heavy atom. The van der Waals surface area contributed by atoms with Crippen LogP contribution >= 0.6 is 0 Å². The third-order valence-electron chi connectivity index (χ3n) is 2.65. The molecule has 0 bridgehead atoms. The lowest BCUT2D eigenvalue weighted by Gasteiger charge is -1.84. The molecule has 0 unspecified atom stereocenters. The van der Waals surface area contributed by atoms with Crippen molar-refractivity contribution >= 4 is 0 Å². The first-order chi connectivity index (χ1) is 12.4. The van der Waals surface area contributed by atoms with Crippen LogP contribution in [0.25, 0.3) is 0 Å². The summed E-state index contributed by atoms with van der Waals surface area (Å²) in [5.41, 5.74) is 0.961. The van der Waals surface area contributed by atoms with Crippen LogP contribution < -0.4 is 0 Å². The van der Waals surface area contributed by atoms with Gasteiger partial charge in [0, 0.05) is 40.6 Å². The van der Waals surface area contributed by atoms with E-state index in [1.165, 1.54) is 11.0 Å². The van der Waals surface area contributed by atoms with Gasteiger partial charge in [0.15, 0.2) is 0 Å². The average Bonchev–Trinajstić information content (AvgIpc) is 3.38. The van der Waals surface area contributed by atoms with E-state index >= 15 is 0 Å². The molecule has 0 saturated heterocycles. The van der Waals surface area contributed by atoms with Crippen LogP contribution in [0.4, 0.5) is 0 Å². The summed E-state index contributed by atoms with van der Waals surface area (Å²) in [4.78, 5) is 0. The van der Waals surface area contributed by atoms with E-state index in [4.69, 9.17) is 0 Å². The molecule has 26 heavy (non-hydrogen) atoms. The van der Waals surface area contributed by atoms with Crippen molar-refractivity contribution in [3.63, 3.8) is 0 Å². The third-order valence-corrected chi connectivity index (χ3v) is 2.65. The molecule has 4 rings (SSSR count). The minimum absolute atomic E-state index is 0.944. The van der Waals surface area contributed by atoms with Crippen molar-refractivity contribution in [1.82, 2.24) is 65.0 Å². The summed E-state index contributed by atoms with van der Waals surface area (Å²) < 4.78 is 6.70. The normalized spacial score (nSPS) is 9.15. The van der Waals surface area contributed by atoms with Gasteiger partial charge in [-0.3, -0.25) is 9.36 Å². The van der Waals surface area contributed by atoms with Crippen LogP contribution in [0, 0.1) is 13.8 Å². The maximum absolute atomic E-state index is 3.73. The van der Waals surface area contributed by atoms with Gasteiger partial charge in [0.05, 0.1) is 11.9 Å². The Morgan fingerprint density at radius 3 is 1.65 bits per heavy atom. The van der Waals surface area contributed by atoms with Gasteiger partial charge < -0.3 is 4.57 Å². The highest BCUT2D eigenvalue weighted by Crippen LogP contribution is 1.83. The van der Waals surface area contributed by atoms with E-state index < -0.39 is 0 Å². The zero-order valence-corrected chi connectivity index (χ0v) is 15.7. The van der Waals surface area contributed by atoms with Gasteiger partial charge in [0.1, 0.15) is 18.5 Å². The molecule has 13 nitrogen and oxygen atoms in total. The second-order valence-corrected chi connectivity index (χ2v) is 5.08. The Labute approximate surface area is 150 Å². The first kappa shape index (κ1) is 20.5. The zero-order chi connectivity index (χ0) is 19.4. The molecular weight excluding hydrogens is 338 g/mol. The molecule has 4 heterocycles. The maximum atomic E-state index is 3.73. The van der Waals surface area contributed by atoms with Crippen molar-refractivity contribution in [2.75, 3.05) is 0 Å². The number of hydrogen-bond acceptors (Lipinski definition) is 9. The number of tetrazole rings is 1. The predicted molar refractivity (Wildman–Crippen MR) is 91.3 cm³/mol. The summed E-state index contributed by atoms with van der Waals surface area (Å²) in [6.07, 6.45) is 8.48. The SMILES string of the molecule is Cc1cn(C)nn1.Cc1nncn1C.Cn1ccnn1.Cn1cnnn1. The topological polar surface area (TPSA) is 136 Å². The average molecular weight is 361 g/mol. The minimum atomic E-state index is 0.944. The van der Waals surface area contributed by atoms with E-state index in [1.807, 2.05) is 45.8 Å². The Balaban J connectivity index is 0.000000174. The van der Waals surface area contributed by atoms with Crippen LogP contribution in [-0.2, 0) is 28.2 Å². The van der Waals surface area contributed by atoms with Gasteiger partial charge in [0.2, 0.25) is 0 Å². The molecule has 4 aromatic heterocycles. The van der Waals surface area contributed by atoms with E-state index in [0.29, 0.717) is 0 Å². The number of nitrogens with zero attached hydrogens (tertiary/aromatic N) is 13. The summed E-state index contributed by atoms with van der Waals surface area (Å²) in [5, 5.41) is 32.1. The van der Waals surface area contributed by atoms with Gasteiger partial charge in [-0.25, -0.2) is 4.68 Å². The van der Waals surface area contributed by atoms with Crippen molar-refractivity contribution in [1.29, 1.82) is 0 Å². The summed E-state index contributed by atoms with van der Waals surface area (Å²) in [5.74, 6) is 0.944. The molecule has 0 radical (unpaired) electrons. The van der Waals surface area contributed by atoms with Crippen molar-refractivity contribution < 1.29 is 0 Å². The van der Waals surface area contributed by atoms with Crippen LogP contribution in [0.15, 0.2) is 31.2 Å². The predicted octanol–water partition coefficient (Wildman–Crippen LogP) is -0.728. The van der Waals surface area contributed by atoms with Gasteiger partial charge in [-0.05, 0) is 24.3 Å². The standard InChI is InChI=1S/2C4H7N3.C3H5N3.C2H4N4/c1-4-6-5-3-7(4)2;1-4-3-7(2)6-5-4;1-6-3-2-4-5-6;1-6-2-3-4-5-6/h2*3H,1-2H3;2-3H,1H3;2H,1H3. The molecule has 13 heteroatoms. The van der Waals surface area contributed by atoms with Crippen LogP contribution in [0.2, 0.25) is 0 Å². The highest BCUT2D eigenvalue weighted by molar-refractivity contribution is 4.85. The molecule has 0 fully saturated rings. The summed E-state index contributed by atoms with van der Waals surface area (Å²) in [6, 6.07) is 0. The summed E-state index contributed by atoms with van der Waals surface area (Å²) in [6.45, 7) is 3.82. The maximum Gasteiger partial charge on any atom is 0.137 e. The number of aromatic nitrogens is 13. The molecule has 0 N–H and O–H groups in total. The van der Waals surface area contributed by atoms with Gasteiger partial charge >= 0.3 is 0 Å². The second-order valence-electron chi connectivity index (χ2n) is 5.08. The van der Waals surface area contributed by atoms with Crippen LogP contribution in [-0.4, -0.2) is 65.0 Å². The lowest BCUT2D eigenvalue weighted by Crippen LogP contribution is -1.86. The number of aryl methyl sites for hydroxylation is 6. The molecule has 0 aliphatic rings. The Bertz CT molecular complexity index is 747. The zero-order valence-electron chi connectivity index (χ0n) is 15.7. The van der Waals surface area contributed by atoms with E-state index in [1.54, 1.807) is 35.1 Å². The lowest BCUT2D eigenvalue weighted by molar-refractivity contribution is 0.710. The summed E-state index contributed by atoms with van der Waals surface area (Å²) in [7, 11) is 7.35. The molecule has 0 aliphatic carbocycles. The number of hydrogen-bond donors (Lipinski definition) is 0. The van der Waals surface area contributed by atoms with Crippen molar-refractivity contribution in [2.24, 2.45) is 28.2 Å². The first-order valence-corrected chi connectivity index (χ1v) is 7.49. The second kappa shape index (κ2) is 11.1. The molecule has 0 spiro atoms. The van der Waals surface area contributed by atoms with Gasteiger partial charge in [-0.15, -0.1) is 25.5 Å². The smallest absolute Gasteiger partial charge is 0.137 e. The fourth-order valence-electron chi connectivity index (χ4n) is 1.28. The van der Waals surface area contributed by atoms with Gasteiger partial charge in [-0.1, -0.05) is 10.4 Å². The molecule has 0 amide bonds. The Morgan fingerprint density at radius 2 is 1.50 bits per heavy atom. The van der Waals surface area contributed by atoms with Crippen LogP contribution in [0.1, 0.15) is 11.5 Å². The van der Waals surface area contributed by atoms with Crippen molar-refractivity contribution in [2.45, 2.75) is 13.8 Å².